The van der Waals surface area contributed by atoms with Gasteiger partial charge in [0.05, 0.1) is 6.54 Å². The summed E-state index contributed by atoms with van der Waals surface area (Å²) in [5.41, 5.74) is 1.57. The highest BCUT2D eigenvalue weighted by atomic mass is 19.4. The summed E-state index contributed by atoms with van der Waals surface area (Å²) in [5.74, 6) is -2.87. The van der Waals surface area contributed by atoms with E-state index in [-0.39, 0.29) is 5.97 Å². The maximum atomic E-state index is 11.9. The van der Waals surface area contributed by atoms with E-state index < -0.39 is 12.1 Å². The standard InChI is InChI=1S/C16H22N2O2.C2HF3O2/c19-15(20-11-14-4-2-1-3-5-14)10-18-8-6-16(7-9-18)12-17-13-16;3-2(4,5)1(6)7/h1-5,17H,6-13H2;(H,6,7). The monoisotopic (exact) mass is 388 g/mol. The maximum Gasteiger partial charge on any atom is 0.490 e. The number of nitrogens with one attached hydrogen (secondary N) is 1. The summed E-state index contributed by atoms with van der Waals surface area (Å²) in [6.07, 6.45) is -2.68. The van der Waals surface area contributed by atoms with Crippen LogP contribution in [0.5, 0.6) is 0 Å². The molecular weight excluding hydrogens is 365 g/mol. The Morgan fingerprint density at radius 2 is 1.70 bits per heavy atom. The van der Waals surface area contributed by atoms with E-state index >= 15 is 0 Å². The number of hydrogen-bond acceptors (Lipinski definition) is 5. The molecule has 0 atom stereocenters. The third-order valence-electron chi connectivity index (χ3n) is 4.75. The average Bonchev–Trinajstić information content (AvgIpc) is 2.60. The normalized spacial score (nSPS) is 18.8. The fourth-order valence-corrected chi connectivity index (χ4v) is 2.98. The van der Waals surface area contributed by atoms with Gasteiger partial charge in [-0.2, -0.15) is 13.2 Å². The zero-order valence-electron chi connectivity index (χ0n) is 14.8. The van der Waals surface area contributed by atoms with Crippen LogP contribution >= 0.6 is 0 Å². The number of aliphatic carboxylic acids is 1. The third-order valence-corrected chi connectivity index (χ3v) is 4.75. The van der Waals surface area contributed by atoms with Crippen LogP contribution in [0.3, 0.4) is 0 Å². The quantitative estimate of drug-likeness (QED) is 0.769. The zero-order valence-corrected chi connectivity index (χ0v) is 14.8. The Hall–Kier alpha value is -2.13. The molecule has 2 aliphatic heterocycles. The second-order valence-corrected chi connectivity index (χ2v) is 6.83. The molecule has 0 amide bonds. The van der Waals surface area contributed by atoms with Gasteiger partial charge in [-0.15, -0.1) is 0 Å². The number of benzene rings is 1. The minimum atomic E-state index is -5.08. The van der Waals surface area contributed by atoms with Crippen LogP contribution in [0.25, 0.3) is 0 Å². The summed E-state index contributed by atoms with van der Waals surface area (Å²) in [6.45, 7) is 5.14. The SMILES string of the molecule is O=C(CN1CCC2(CC1)CNC2)OCc1ccccc1.O=C(O)C(F)(F)F. The highest BCUT2D eigenvalue weighted by Gasteiger charge is 2.40. The van der Waals surface area contributed by atoms with Gasteiger partial charge in [-0.05, 0) is 36.9 Å². The van der Waals surface area contributed by atoms with Crippen LogP contribution in [-0.2, 0) is 20.9 Å². The lowest BCUT2D eigenvalue weighted by Gasteiger charge is -2.48. The molecule has 1 aromatic carbocycles. The Balaban J connectivity index is 0.000000321. The van der Waals surface area contributed by atoms with Crippen molar-refractivity contribution in [2.24, 2.45) is 5.41 Å². The van der Waals surface area contributed by atoms with Gasteiger partial charge < -0.3 is 15.2 Å². The molecule has 0 unspecified atom stereocenters. The first-order valence-corrected chi connectivity index (χ1v) is 8.63. The summed E-state index contributed by atoms with van der Waals surface area (Å²) < 4.78 is 37.1. The molecule has 0 radical (unpaired) electrons. The molecule has 2 aliphatic rings. The van der Waals surface area contributed by atoms with E-state index in [0.717, 1.165) is 31.7 Å². The Kier molecular flexibility index (Phi) is 7.20. The van der Waals surface area contributed by atoms with Crippen LogP contribution in [-0.4, -0.2) is 60.8 Å². The van der Waals surface area contributed by atoms with Gasteiger partial charge in [0, 0.05) is 13.1 Å². The molecular formula is C18H23F3N2O4. The van der Waals surface area contributed by atoms with E-state index in [1.807, 2.05) is 30.3 Å². The van der Waals surface area contributed by atoms with E-state index in [1.54, 1.807) is 0 Å². The summed E-state index contributed by atoms with van der Waals surface area (Å²) >= 11 is 0. The number of carboxylic acid groups (broad SMARTS) is 1. The van der Waals surface area contributed by atoms with Gasteiger partial charge in [-0.25, -0.2) is 4.79 Å². The van der Waals surface area contributed by atoms with Crippen molar-refractivity contribution in [3.05, 3.63) is 35.9 Å². The first-order valence-electron chi connectivity index (χ1n) is 8.63. The van der Waals surface area contributed by atoms with Gasteiger partial charge in [0.2, 0.25) is 0 Å². The predicted molar refractivity (Wildman–Crippen MR) is 90.9 cm³/mol. The summed E-state index contributed by atoms with van der Waals surface area (Å²) in [6, 6.07) is 9.83. The maximum absolute atomic E-state index is 11.9. The number of likely N-dealkylation sites (tertiary alicyclic amines) is 1. The van der Waals surface area contributed by atoms with Gasteiger partial charge in [-0.1, -0.05) is 30.3 Å². The van der Waals surface area contributed by atoms with Crippen LogP contribution in [0.2, 0.25) is 0 Å². The van der Waals surface area contributed by atoms with Crippen LogP contribution in [0.15, 0.2) is 30.3 Å². The minimum absolute atomic E-state index is 0.114. The number of nitrogens with zero attached hydrogens (tertiary/aromatic N) is 1. The van der Waals surface area contributed by atoms with E-state index in [2.05, 4.69) is 10.2 Å². The molecule has 0 aromatic heterocycles. The average molecular weight is 388 g/mol. The Morgan fingerprint density at radius 3 is 2.15 bits per heavy atom. The van der Waals surface area contributed by atoms with E-state index in [9.17, 15) is 18.0 Å². The number of esters is 1. The van der Waals surface area contributed by atoms with E-state index in [1.165, 1.54) is 12.8 Å². The number of piperidine rings is 1. The highest BCUT2D eigenvalue weighted by molar-refractivity contribution is 5.73. The fraction of sp³-hybridized carbons (Fsp3) is 0.556. The molecule has 9 heteroatoms. The van der Waals surface area contributed by atoms with Gasteiger partial charge in [0.15, 0.2) is 0 Å². The first-order chi connectivity index (χ1) is 12.7. The molecule has 2 N–H and O–H groups in total. The molecule has 2 fully saturated rings. The molecule has 0 aliphatic carbocycles. The van der Waals surface area contributed by atoms with Crippen molar-refractivity contribution in [1.29, 1.82) is 0 Å². The number of carbonyl (C=O) groups excluding carboxylic acids is 1. The Bertz CT molecular complexity index is 623. The number of alkyl halides is 3. The molecule has 1 spiro atoms. The van der Waals surface area contributed by atoms with Crippen LogP contribution in [0.4, 0.5) is 13.2 Å². The van der Waals surface area contributed by atoms with Crippen molar-refractivity contribution in [2.75, 3.05) is 32.7 Å². The molecule has 0 bridgehead atoms. The molecule has 150 valence electrons. The minimum Gasteiger partial charge on any atom is -0.475 e. The lowest BCUT2D eigenvalue weighted by atomic mass is 9.73. The van der Waals surface area contributed by atoms with Crippen molar-refractivity contribution in [1.82, 2.24) is 10.2 Å². The second-order valence-electron chi connectivity index (χ2n) is 6.83. The Morgan fingerprint density at radius 1 is 1.15 bits per heavy atom. The number of ether oxygens (including phenoxy) is 1. The van der Waals surface area contributed by atoms with Crippen molar-refractivity contribution >= 4 is 11.9 Å². The van der Waals surface area contributed by atoms with Gasteiger partial charge >= 0.3 is 18.1 Å². The topological polar surface area (TPSA) is 78.9 Å². The lowest BCUT2D eigenvalue weighted by molar-refractivity contribution is -0.192. The summed E-state index contributed by atoms with van der Waals surface area (Å²) in [5, 5.41) is 10.5. The summed E-state index contributed by atoms with van der Waals surface area (Å²) in [4.78, 5) is 23.0. The van der Waals surface area contributed by atoms with Crippen molar-refractivity contribution < 1.29 is 32.6 Å². The number of halogens is 3. The predicted octanol–water partition coefficient (Wildman–Crippen LogP) is 2.05. The molecule has 1 aromatic rings. The van der Waals surface area contributed by atoms with Crippen LogP contribution < -0.4 is 5.32 Å². The highest BCUT2D eigenvalue weighted by Crippen LogP contribution is 2.34. The van der Waals surface area contributed by atoms with Crippen molar-refractivity contribution in [3.63, 3.8) is 0 Å². The molecule has 2 heterocycles. The molecule has 2 saturated heterocycles. The zero-order chi connectivity index (χ0) is 19.9. The Labute approximate surface area is 155 Å². The van der Waals surface area contributed by atoms with Crippen molar-refractivity contribution in [2.45, 2.75) is 25.6 Å². The molecule has 27 heavy (non-hydrogen) atoms. The number of carbonyl (C=O) groups is 2. The molecule has 0 saturated carbocycles. The fourth-order valence-electron chi connectivity index (χ4n) is 2.98. The number of rotatable bonds is 4. The summed E-state index contributed by atoms with van der Waals surface area (Å²) in [7, 11) is 0. The molecule has 6 nitrogen and oxygen atoms in total. The van der Waals surface area contributed by atoms with Crippen molar-refractivity contribution in [3.8, 4) is 0 Å². The van der Waals surface area contributed by atoms with Gasteiger partial charge in [-0.3, -0.25) is 9.69 Å². The van der Waals surface area contributed by atoms with E-state index in [0.29, 0.717) is 18.6 Å². The first kappa shape index (κ1) is 21.2. The number of hydrogen-bond donors (Lipinski definition) is 2. The van der Waals surface area contributed by atoms with E-state index in [4.69, 9.17) is 14.6 Å². The van der Waals surface area contributed by atoms with Gasteiger partial charge in [0.1, 0.15) is 6.61 Å². The van der Waals surface area contributed by atoms with Crippen LogP contribution in [0, 0.1) is 5.41 Å². The number of carboxylic acids is 1. The molecule has 3 rings (SSSR count). The second kappa shape index (κ2) is 9.18. The van der Waals surface area contributed by atoms with Gasteiger partial charge in [0.25, 0.3) is 0 Å². The van der Waals surface area contributed by atoms with Crippen LogP contribution in [0.1, 0.15) is 18.4 Å². The largest absolute Gasteiger partial charge is 0.490 e. The third kappa shape index (κ3) is 6.84. The smallest absolute Gasteiger partial charge is 0.475 e. The lowest BCUT2D eigenvalue weighted by Crippen LogP contribution is -2.58.